The number of carboxylic acids is 1. The van der Waals surface area contributed by atoms with Crippen molar-refractivity contribution in [2.75, 3.05) is 20.1 Å². The molecule has 4 amide bonds. The summed E-state index contributed by atoms with van der Waals surface area (Å²) in [6.07, 6.45) is 2.21. The summed E-state index contributed by atoms with van der Waals surface area (Å²) in [5.41, 5.74) is 6.03. The van der Waals surface area contributed by atoms with E-state index in [0.29, 0.717) is 12.8 Å². The SMILES string of the molecule is Cc1ccc(S(=O)(=O)NC(N)=NCCC[C@H](NC(=O)[C@@H](NC(=O)[C@H](CC(=O)OC2CCCCC2)NC(=O)OC(C)(C)C)c2ccccc2)C(=O)N(C)CC(=O)O)cc1. The van der Waals surface area contributed by atoms with E-state index in [1.165, 1.54) is 19.2 Å². The van der Waals surface area contributed by atoms with Crippen LogP contribution in [0.4, 0.5) is 4.79 Å². The molecule has 0 heterocycles. The summed E-state index contributed by atoms with van der Waals surface area (Å²) in [6.45, 7) is 5.88. The van der Waals surface area contributed by atoms with E-state index in [2.05, 4.69) is 25.7 Å². The van der Waals surface area contributed by atoms with Gasteiger partial charge in [0.15, 0.2) is 0 Å². The number of nitrogens with two attached hydrogens (primary N) is 1. The number of benzene rings is 2. The van der Waals surface area contributed by atoms with Gasteiger partial charge in [-0.05, 0) is 83.9 Å². The number of aliphatic carboxylic acids is 1. The number of carbonyl (C=O) groups excluding carboxylic acids is 5. The minimum Gasteiger partial charge on any atom is -0.480 e. The Bertz CT molecular complexity index is 1880. The van der Waals surface area contributed by atoms with Crippen LogP contribution >= 0.6 is 0 Å². The molecule has 1 saturated carbocycles. The number of ether oxygens (including phenoxy) is 2. The summed E-state index contributed by atoms with van der Waals surface area (Å²) >= 11 is 0. The van der Waals surface area contributed by atoms with Crippen molar-refractivity contribution < 1.29 is 51.8 Å². The number of nitrogens with zero attached hydrogens (tertiary/aromatic N) is 2. The fourth-order valence-corrected chi connectivity index (χ4v) is 6.88. The third kappa shape index (κ3) is 16.0. The summed E-state index contributed by atoms with van der Waals surface area (Å²) in [4.78, 5) is 83.7. The molecular weight excluding hydrogens is 775 g/mol. The number of nitrogens with one attached hydrogen (secondary N) is 4. The molecule has 7 N–H and O–H groups in total. The topological polar surface area (TPSA) is 265 Å². The zero-order valence-corrected chi connectivity index (χ0v) is 34.3. The predicted octanol–water partition coefficient (Wildman–Crippen LogP) is 2.41. The molecule has 1 aliphatic rings. The van der Waals surface area contributed by atoms with Crippen LogP contribution in [0.15, 0.2) is 64.5 Å². The van der Waals surface area contributed by atoms with E-state index in [1.807, 2.05) is 0 Å². The van der Waals surface area contributed by atoms with Crippen LogP contribution in [0.2, 0.25) is 0 Å². The Labute approximate surface area is 338 Å². The predicted molar refractivity (Wildman–Crippen MR) is 212 cm³/mol. The molecule has 3 rings (SSSR count). The number of carbonyl (C=O) groups is 6. The number of amides is 4. The Kier molecular flexibility index (Phi) is 17.5. The van der Waals surface area contributed by atoms with Gasteiger partial charge >= 0.3 is 18.0 Å². The highest BCUT2D eigenvalue weighted by Crippen LogP contribution is 2.21. The van der Waals surface area contributed by atoms with Crippen LogP contribution in [0.5, 0.6) is 0 Å². The number of alkyl carbamates (subject to hydrolysis) is 1. The second-order valence-corrected chi connectivity index (χ2v) is 16.7. The lowest BCUT2D eigenvalue weighted by Crippen LogP contribution is -2.54. The number of hydrogen-bond acceptors (Lipinski definition) is 11. The van der Waals surface area contributed by atoms with E-state index in [9.17, 15) is 42.3 Å². The number of guanidine groups is 1. The molecule has 3 atom stereocenters. The smallest absolute Gasteiger partial charge is 0.408 e. The van der Waals surface area contributed by atoms with Crippen LogP contribution in [0.25, 0.3) is 0 Å². The number of hydrogen-bond donors (Lipinski definition) is 6. The van der Waals surface area contributed by atoms with Gasteiger partial charge in [0.2, 0.25) is 23.7 Å². The van der Waals surface area contributed by atoms with Crippen LogP contribution < -0.4 is 26.4 Å². The molecule has 2 aromatic carbocycles. The number of aliphatic imine (C=N–C) groups is 1. The van der Waals surface area contributed by atoms with E-state index < -0.39 is 88.4 Å². The lowest BCUT2D eigenvalue weighted by molar-refractivity contribution is -0.152. The number of esters is 1. The molecule has 0 bridgehead atoms. The summed E-state index contributed by atoms with van der Waals surface area (Å²) in [5.74, 6) is -5.04. The third-order valence-electron chi connectivity index (χ3n) is 8.78. The highest BCUT2D eigenvalue weighted by molar-refractivity contribution is 7.90. The van der Waals surface area contributed by atoms with Crippen LogP contribution in [0.1, 0.15) is 89.3 Å². The fourth-order valence-electron chi connectivity index (χ4n) is 5.93. The molecule has 0 aromatic heterocycles. The molecule has 0 radical (unpaired) electrons. The first kappa shape index (κ1) is 46.7. The first-order chi connectivity index (χ1) is 27.2. The zero-order valence-electron chi connectivity index (χ0n) is 33.5. The largest absolute Gasteiger partial charge is 0.480 e. The molecule has 318 valence electrons. The second kappa shape index (κ2) is 21.7. The van der Waals surface area contributed by atoms with E-state index in [4.69, 9.17) is 15.2 Å². The Morgan fingerprint density at radius 1 is 0.914 bits per heavy atom. The summed E-state index contributed by atoms with van der Waals surface area (Å²) in [7, 11) is -2.79. The average molecular weight is 830 g/mol. The Morgan fingerprint density at radius 3 is 2.16 bits per heavy atom. The van der Waals surface area contributed by atoms with E-state index in [-0.39, 0.29) is 35.9 Å². The molecule has 0 saturated heterocycles. The number of aryl methyl sites for hydroxylation is 1. The van der Waals surface area contributed by atoms with Gasteiger partial charge in [0.25, 0.3) is 10.0 Å². The normalized spacial score (nSPS) is 15.2. The minimum atomic E-state index is -4.03. The highest BCUT2D eigenvalue weighted by Gasteiger charge is 2.34. The van der Waals surface area contributed by atoms with Crippen LogP contribution in [0.3, 0.4) is 0 Å². The van der Waals surface area contributed by atoms with Crippen molar-refractivity contribution >= 4 is 51.7 Å². The molecule has 0 unspecified atom stereocenters. The minimum absolute atomic E-state index is 0.0301. The molecule has 1 fully saturated rings. The van der Waals surface area contributed by atoms with Gasteiger partial charge < -0.3 is 41.2 Å². The lowest BCUT2D eigenvalue weighted by atomic mass is 9.98. The molecule has 1 aliphatic carbocycles. The maximum atomic E-state index is 14.1. The maximum absolute atomic E-state index is 14.1. The van der Waals surface area contributed by atoms with E-state index in [0.717, 1.165) is 29.7 Å². The van der Waals surface area contributed by atoms with Crippen molar-refractivity contribution in [3.63, 3.8) is 0 Å². The van der Waals surface area contributed by atoms with E-state index in [1.54, 1.807) is 70.2 Å². The van der Waals surface area contributed by atoms with Crippen molar-refractivity contribution in [3.8, 4) is 0 Å². The molecule has 0 aliphatic heterocycles. The Hall–Kier alpha value is -5.72. The second-order valence-electron chi connectivity index (χ2n) is 15.0. The standard InChI is InChI=1S/C39H55N7O11S/c1-25-18-20-28(21-19-25)58(54,55)45-37(40)41-22-12-17-29(36(52)46(5)24-31(47)48)42-35(51)33(26-13-8-6-9-14-26)44-34(50)30(43-38(53)57-39(2,3)4)23-32(49)56-27-15-10-7-11-16-27/h6,8-9,13-14,18-21,27,29-30,33H,7,10-12,15-17,22-24H2,1-5H3,(H,42,51)(H,43,53)(H,44,50)(H,47,48)(H3,40,41,45)/t29-,30-,33-/m0/s1. The molecule has 0 spiro atoms. The summed E-state index contributed by atoms with van der Waals surface area (Å²) in [6, 6.07) is 9.69. The van der Waals surface area contributed by atoms with Crippen molar-refractivity contribution in [3.05, 3.63) is 65.7 Å². The fraction of sp³-hybridized carbons (Fsp3) is 0.513. The quantitative estimate of drug-likeness (QED) is 0.0548. The first-order valence-electron chi connectivity index (χ1n) is 18.9. The van der Waals surface area contributed by atoms with Crippen molar-refractivity contribution in [1.82, 2.24) is 25.6 Å². The van der Waals surface area contributed by atoms with Crippen molar-refractivity contribution in [2.45, 2.75) is 114 Å². The average Bonchev–Trinajstić information content (AvgIpc) is 3.14. The van der Waals surface area contributed by atoms with Gasteiger partial charge in [-0.2, -0.15) is 0 Å². The van der Waals surface area contributed by atoms with Crippen molar-refractivity contribution in [2.24, 2.45) is 10.7 Å². The van der Waals surface area contributed by atoms with Crippen LogP contribution in [-0.2, 0) is 43.5 Å². The molecule has 18 nitrogen and oxygen atoms in total. The van der Waals surface area contributed by atoms with Crippen LogP contribution in [0, 0.1) is 6.92 Å². The van der Waals surface area contributed by atoms with Gasteiger partial charge in [-0.1, -0.05) is 54.4 Å². The van der Waals surface area contributed by atoms with Gasteiger partial charge in [-0.3, -0.25) is 29.0 Å². The zero-order chi connectivity index (χ0) is 43.0. The Morgan fingerprint density at radius 2 is 1.55 bits per heavy atom. The number of likely N-dealkylation sites (N-methyl/N-ethyl adjacent to an activating group) is 1. The number of carboxylic acid groups (broad SMARTS) is 1. The van der Waals surface area contributed by atoms with Gasteiger partial charge in [-0.15, -0.1) is 0 Å². The summed E-state index contributed by atoms with van der Waals surface area (Å²) in [5, 5.41) is 16.9. The highest BCUT2D eigenvalue weighted by atomic mass is 32.2. The Balaban J connectivity index is 1.82. The maximum Gasteiger partial charge on any atom is 0.408 e. The van der Waals surface area contributed by atoms with E-state index >= 15 is 0 Å². The summed E-state index contributed by atoms with van der Waals surface area (Å²) < 4.78 is 38.5. The van der Waals surface area contributed by atoms with Gasteiger partial charge in [0.05, 0.1) is 11.3 Å². The first-order valence-corrected chi connectivity index (χ1v) is 20.4. The third-order valence-corrected chi connectivity index (χ3v) is 10.1. The van der Waals surface area contributed by atoms with Crippen molar-refractivity contribution in [1.29, 1.82) is 0 Å². The molecule has 2 aromatic rings. The van der Waals surface area contributed by atoms with Gasteiger partial charge in [0, 0.05) is 13.6 Å². The molecular formula is C39H55N7O11S. The van der Waals surface area contributed by atoms with Gasteiger partial charge in [0.1, 0.15) is 36.4 Å². The van der Waals surface area contributed by atoms with Gasteiger partial charge in [-0.25, -0.2) is 17.9 Å². The number of rotatable bonds is 18. The lowest BCUT2D eigenvalue weighted by Gasteiger charge is -2.28. The number of sulfonamides is 1. The van der Waals surface area contributed by atoms with Crippen LogP contribution in [-0.4, -0.2) is 104 Å². The monoisotopic (exact) mass is 829 g/mol. The molecule has 58 heavy (non-hydrogen) atoms. The molecule has 19 heteroatoms.